The molecular formula is C15H20ClN3O. The van der Waals surface area contributed by atoms with Crippen LogP contribution in [-0.4, -0.2) is 47.3 Å². The third-order valence-electron chi connectivity index (χ3n) is 3.91. The molecule has 0 radical (unpaired) electrons. The van der Waals surface area contributed by atoms with Gasteiger partial charge >= 0.3 is 0 Å². The summed E-state index contributed by atoms with van der Waals surface area (Å²) in [5.41, 5.74) is 3.39. The first-order valence-electron chi connectivity index (χ1n) is 7.00. The molecule has 0 aliphatic carbocycles. The van der Waals surface area contributed by atoms with E-state index in [-0.39, 0.29) is 6.10 Å². The van der Waals surface area contributed by atoms with Gasteiger partial charge in [0.15, 0.2) is 0 Å². The van der Waals surface area contributed by atoms with Gasteiger partial charge in [-0.3, -0.25) is 0 Å². The Morgan fingerprint density at radius 2 is 2.30 bits per heavy atom. The average molecular weight is 294 g/mol. The standard InChI is InChI=1S/C15H20ClN3O/c1-11-4-3-5-13-15(11)17-14(8-16)19(13)10-12-9-18(2)6-7-20-12/h3-5,12H,6-10H2,1-2H3. The first-order valence-corrected chi connectivity index (χ1v) is 7.53. The Morgan fingerprint density at radius 3 is 3.05 bits per heavy atom. The first-order chi connectivity index (χ1) is 9.69. The minimum absolute atomic E-state index is 0.202. The summed E-state index contributed by atoms with van der Waals surface area (Å²) in [5.74, 6) is 1.35. The number of imidazole rings is 1. The molecule has 108 valence electrons. The summed E-state index contributed by atoms with van der Waals surface area (Å²) < 4.78 is 8.07. The second-order valence-electron chi connectivity index (χ2n) is 5.47. The topological polar surface area (TPSA) is 30.3 Å². The van der Waals surface area contributed by atoms with Crippen LogP contribution in [0.5, 0.6) is 0 Å². The Labute approximate surface area is 124 Å². The van der Waals surface area contributed by atoms with Crippen molar-refractivity contribution in [2.24, 2.45) is 0 Å². The van der Waals surface area contributed by atoms with E-state index in [0.717, 1.165) is 43.1 Å². The summed E-state index contributed by atoms with van der Waals surface area (Å²) in [6.45, 7) is 5.65. The molecule has 0 spiro atoms. The van der Waals surface area contributed by atoms with Gasteiger partial charge in [-0.15, -0.1) is 11.6 Å². The lowest BCUT2D eigenvalue weighted by molar-refractivity contribution is -0.0272. The second-order valence-corrected chi connectivity index (χ2v) is 5.74. The predicted molar refractivity (Wildman–Crippen MR) is 81.3 cm³/mol. The maximum atomic E-state index is 6.07. The van der Waals surface area contributed by atoms with Crippen LogP contribution in [0.25, 0.3) is 11.0 Å². The molecule has 0 saturated carbocycles. The van der Waals surface area contributed by atoms with E-state index in [1.807, 2.05) is 0 Å². The van der Waals surface area contributed by atoms with Crippen molar-refractivity contribution in [1.82, 2.24) is 14.5 Å². The molecule has 1 saturated heterocycles. The lowest BCUT2D eigenvalue weighted by Gasteiger charge is -2.30. The van der Waals surface area contributed by atoms with Crippen molar-refractivity contribution in [1.29, 1.82) is 0 Å². The van der Waals surface area contributed by atoms with Gasteiger partial charge < -0.3 is 14.2 Å². The van der Waals surface area contributed by atoms with Crippen molar-refractivity contribution in [3.05, 3.63) is 29.6 Å². The number of benzene rings is 1. The summed E-state index contributed by atoms with van der Waals surface area (Å²) in [6, 6.07) is 6.27. The Kier molecular flexibility index (Phi) is 3.96. The third kappa shape index (κ3) is 2.55. The molecule has 3 rings (SSSR count). The molecule has 5 heteroatoms. The van der Waals surface area contributed by atoms with E-state index in [2.05, 4.69) is 46.6 Å². The molecule has 20 heavy (non-hydrogen) atoms. The van der Waals surface area contributed by atoms with E-state index in [9.17, 15) is 0 Å². The quantitative estimate of drug-likeness (QED) is 0.814. The summed E-state index contributed by atoms with van der Waals surface area (Å²) >= 11 is 6.07. The van der Waals surface area contributed by atoms with Crippen LogP contribution in [-0.2, 0) is 17.2 Å². The largest absolute Gasteiger partial charge is 0.374 e. The van der Waals surface area contributed by atoms with Crippen molar-refractivity contribution in [3.63, 3.8) is 0 Å². The van der Waals surface area contributed by atoms with Crippen molar-refractivity contribution in [3.8, 4) is 0 Å². The van der Waals surface area contributed by atoms with E-state index in [0.29, 0.717) is 5.88 Å². The molecule has 1 aromatic carbocycles. The number of nitrogens with zero attached hydrogens (tertiary/aromatic N) is 3. The van der Waals surface area contributed by atoms with E-state index in [1.54, 1.807) is 0 Å². The van der Waals surface area contributed by atoms with Gasteiger partial charge in [0.05, 0.1) is 36.2 Å². The highest BCUT2D eigenvalue weighted by molar-refractivity contribution is 6.16. The van der Waals surface area contributed by atoms with Gasteiger partial charge in [0.1, 0.15) is 5.82 Å². The number of morpholine rings is 1. The average Bonchev–Trinajstić information content (AvgIpc) is 2.79. The molecule has 1 unspecified atom stereocenters. The van der Waals surface area contributed by atoms with Crippen LogP contribution in [0.1, 0.15) is 11.4 Å². The van der Waals surface area contributed by atoms with Crippen molar-refractivity contribution in [2.75, 3.05) is 26.7 Å². The SMILES string of the molecule is Cc1cccc2c1nc(CCl)n2CC1CN(C)CCO1. The molecule has 2 aromatic rings. The monoisotopic (exact) mass is 293 g/mol. The molecule has 0 bridgehead atoms. The van der Waals surface area contributed by atoms with E-state index in [4.69, 9.17) is 16.3 Å². The zero-order valence-corrected chi connectivity index (χ0v) is 12.7. The molecular weight excluding hydrogens is 274 g/mol. The number of halogens is 1. The predicted octanol–water partition coefficient (Wildman–Crippen LogP) is 2.41. The number of likely N-dealkylation sites (N-methyl/N-ethyl adjacent to an activating group) is 1. The molecule has 1 aliphatic heterocycles. The molecule has 1 aliphatic rings. The van der Waals surface area contributed by atoms with E-state index in [1.165, 1.54) is 5.56 Å². The van der Waals surface area contributed by atoms with Gasteiger partial charge in [0, 0.05) is 13.1 Å². The first kappa shape index (κ1) is 13.9. The summed E-state index contributed by atoms with van der Waals surface area (Å²) in [7, 11) is 2.13. The maximum Gasteiger partial charge on any atom is 0.124 e. The number of aryl methyl sites for hydroxylation is 1. The highest BCUT2D eigenvalue weighted by atomic mass is 35.5. The number of hydrogen-bond acceptors (Lipinski definition) is 3. The fourth-order valence-electron chi connectivity index (χ4n) is 2.82. The Balaban J connectivity index is 1.95. The van der Waals surface area contributed by atoms with Crippen molar-refractivity contribution < 1.29 is 4.74 Å². The fraction of sp³-hybridized carbons (Fsp3) is 0.533. The van der Waals surface area contributed by atoms with Crippen LogP contribution in [0.2, 0.25) is 0 Å². The van der Waals surface area contributed by atoms with Crippen LogP contribution in [0.3, 0.4) is 0 Å². The number of ether oxygens (including phenoxy) is 1. The molecule has 1 fully saturated rings. The van der Waals surface area contributed by atoms with E-state index >= 15 is 0 Å². The molecule has 0 N–H and O–H groups in total. The van der Waals surface area contributed by atoms with E-state index < -0.39 is 0 Å². The molecule has 1 aromatic heterocycles. The molecule has 0 amide bonds. The zero-order valence-electron chi connectivity index (χ0n) is 12.0. The Morgan fingerprint density at radius 1 is 1.45 bits per heavy atom. The summed E-state index contributed by atoms with van der Waals surface area (Å²) in [6.07, 6.45) is 0.202. The van der Waals surface area contributed by atoms with Crippen molar-refractivity contribution >= 4 is 22.6 Å². The molecule has 2 heterocycles. The lowest BCUT2D eigenvalue weighted by atomic mass is 10.2. The number of fused-ring (bicyclic) bond motifs is 1. The Bertz CT molecular complexity index is 610. The molecule has 4 nitrogen and oxygen atoms in total. The van der Waals surface area contributed by atoms with Gasteiger partial charge in [-0.05, 0) is 25.6 Å². The lowest BCUT2D eigenvalue weighted by Crippen LogP contribution is -2.42. The number of aromatic nitrogens is 2. The Hall–Kier alpha value is -1.10. The van der Waals surface area contributed by atoms with Gasteiger partial charge in [0.25, 0.3) is 0 Å². The highest BCUT2D eigenvalue weighted by Crippen LogP contribution is 2.22. The minimum atomic E-state index is 0.202. The van der Waals surface area contributed by atoms with Crippen LogP contribution in [0.4, 0.5) is 0 Å². The van der Waals surface area contributed by atoms with Gasteiger partial charge in [-0.1, -0.05) is 12.1 Å². The second kappa shape index (κ2) is 5.72. The smallest absolute Gasteiger partial charge is 0.124 e. The highest BCUT2D eigenvalue weighted by Gasteiger charge is 2.21. The zero-order chi connectivity index (χ0) is 14.1. The van der Waals surface area contributed by atoms with Gasteiger partial charge in [-0.2, -0.15) is 0 Å². The number of para-hydroxylation sites is 1. The van der Waals surface area contributed by atoms with Gasteiger partial charge in [0.2, 0.25) is 0 Å². The third-order valence-corrected chi connectivity index (χ3v) is 4.15. The summed E-state index contributed by atoms with van der Waals surface area (Å²) in [5, 5.41) is 0. The van der Waals surface area contributed by atoms with Crippen LogP contribution in [0.15, 0.2) is 18.2 Å². The maximum absolute atomic E-state index is 6.07. The number of rotatable bonds is 3. The van der Waals surface area contributed by atoms with Gasteiger partial charge in [-0.25, -0.2) is 4.98 Å². The molecule has 1 atom stereocenters. The fourth-order valence-corrected chi connectivity index (χ4v) is 3.03. The number of alkyl halides is 1. The van der Waals surface area contributed by atoms with Crippen LogP contribution >= 0.6 is 11.6 Å². The minimum Gasteiger partial charge on any atom is -0.374 e. The number of hydrogen-bond donors (Lipinski definition) is 0. The summed E-state index contributed by atoms with van der Waals surface area (Å²) in [4.78, 5) is 6.98. The van der Waals surface area contributed by atoms with Crippen molar-refractivity contribution in [2.45, 2.75) is 25.5 Å². The van der Waals surface area contributed by atoms with Crippen LogP contribution in [0, 0.1) is 6.92 Å². The normalized spacial score (nSPS) is 20.6. The van der Waals surface area contributed by atoms with Crippen LogP contribution < -0.4 is 0 Å².